The van der Waals surface area contributed by atoms with E-state index in [-0.39, 0.29) is 0 Å². The molecule has 5 heteroatoms. The Labute approximate surface area is 106 Å². The SMILES string of the molecule is CC(CBr)C(C)NCc1ncnn1C(C)C. The molecule has 92 valence electrons. The molecule has 2 unspecified atom stereocenters. The number of halogens is 1. The molecule has 0 aliphatic carbocycles. The lowest BCUT2D eigenvalue weighted by Gasteiger charge is -2.19. The second kappa shape index (κ2) is 6.35. The summed E-state index contributed by atoms with van der Waals surface area (Å²) in [4.78, 5) is 4.27. The molecule has 0 aromatic carbocycles. The van der Waals surface area contributed by atoms with Crippen LogP contribution in [0.25, 0.3) is 0 Å². The molecule has 1 heterocycles. The third-order valence-corrected chi connectivity index (χ3v) is 3.84. The molecule has 1 N–H and O–H groups in total. The van der Waals surface area contributed by atoms with Gasteiger partial charge in [-0.25, -0.2) is 9.67 Å². The third-order valence-electron chi connectivity index (χ3n) is 2.82. The van der Waals surface area contributed by atoms with Crippen molar-refractivity contribution < 1.29 is 0 Å². The maximum atomic E-state index is 4.27. The van der Waals surface area contributed by atoms with Crippen molar-refractivity contribution in [1.29, 1.82) is 0 Å². The van der Waals surface area contributed by atoms with Crippen LogP contribution in [0, 0.1) is 5.92 Å². The average molecular weight is 289 g/mol. The predicted octanol–water partition coefficient (Wildman–Crippen LogP) is 2.37. The number of nitrogens with one attached hydrogen (secondary N) is 1. The Morgan fingerprint density at radius 1 is 1.38 bits per heavy atom. The quantitative estimate of drug-likeness (QED) is 0.818. The van der Waals surface area contributed by atoms with Crippen molar-refractivity contribution in [3.8, 4) is 0 Å². The van der Waals surface area contributed by atoms with E-state index in [4.69, 9.17) is 0 Å². The van der Waals surface area contributed by atoms with E-state index in [1.807, 2.05) is 4.68 Å². The molecule has 2 atom stereocenters. The summed E-state index contributed by atoms with van der Waals surface area (Å²) in [5, 5.41) is 8.70. The van der Waals surface area contributed by atoms with E-state index < -0.39 is 0 Å². The normalized spacial score (nSPS) is 15.4. The highest BCUT2D eigenvalue weighted by Crippen LogP contribution is 2.08. The second-order valence-corrected chi connectivity index (χ2v) is 5.16. The van der Waals surface area contributed by atoms with Gasteiger partial charge in [0.1, 0.15) is 12.2 Å². The zero-order valence-electron chi connectivity index (χ0n) is 10.4. The number of aromatic nitrogens is 3. The molecule has 0 radical (unpaired) electrons. The fourth-order valence-corrected chi connectivity index (χ4v) is 1.98. The Morgan fingerprint density at radius 3 is 2.62 bits per heavy atom. The van der Waals surface area contributed by atoms with Gasteiger partial charge in [0.2, 0.25) is 0 Å². The number of hydrogen-bond donors (Lipinski definition) is 1. The van der Waals surface area contributed by atoms with Gasteiger partial charge in [-0.15, -0.1) is 0 Å². The maximum Gasteiger partial charge on any atom is 0.141 e. The Morgan fingerprint density at radius 2 is 2.06 bits per heavy atom. The third kappa shape index (κ3) is 3.56. The highest BCUT2D eigenvalue weighted by Gasteiger charge is 2.12. The van der Waals surface area contributed by atoms with Crippen molar-refractivity contribution >= 4 is 15.9 Å². The summed E-state index contributed by atoms with van der Waals surface area (Å²) in [6.07, 6.45) is 1.62. The van der Waals surface area contributed by atoms with Gasteiger partial charge in [-0.05, 0) is 26.7 Å². The van der Waals surface area contributed by atoms with Crippen molar-refractivity contribution in [3.05, 3.63) is 12.2 Å². The van der Waals surface area contributed by atoms with Gasteiger partial charge < -0.3 is 5.32 Å². The van der Waals surface area contributed by atoms with Gasteiger partial charge in [0, 0.05) is 17.4 Å². The fraction of sp³-hybridized carbons (Fsp3) is 0.818. The van der Waals surface area contributed by atoms with E-state index in [1.54, 1.807) is 6.33 Å². The summed E-state index contributed by atoms with van der Waals surface area (Å²) >= 11 is 3.50. The first kappa shape index (κ1) is 13.6. The van der Waals surface area contributed by atoms with E-state index in [0.717, 1.165) is 17.7 Å². The van der Waals surface area contributed by atoms with Crippen LogP contribution in [-0.4, -0.2) is 26.1 Å². The van der Waals surface area contributed by atoms with Gasteiger partial charge in [-0.2, -0.15) is 5.10 Å². The maximum absolute atomic E-state index is 4.27. The van der Waals surface area contributed by atoms with Crippen LogP contribution < -0.4 is 5.32 Å². The van der Waals surface area contributed by atoms with Gasteiger partial charge in [0.05, 0.1) is 6.54 Å². The van der Waals surface area contributed by atoms with E-state index in [2.05, 4.69) is 59.0 Å². The number of nitrogens with zero attached hydrogens (tertiary/aromatic N) is 3. The van der Waals surface area contributed by atoms with Crippen LogP contribution in [0.15, 0.2) is 6.33 Å². The minimum atomic E-state index is 0.364. The molecule has 0 saturated heterocycles. The lowest BCUT2D eigenvalue weighted by atomic mass is 10.1. The fourth-order valence-electron chi connectivity index (χ4n) is 1.42. The average Bonchev–Trinajstić information content (AvgIpc) is 2.72. The van der Waals surface area contributed by atoms with Gasteiger partial charge in [0.15, 0.2) is 0 Å². The van der Waals surface area contributed by atoms with Crippen molar-refractivity contribution in [2.24, 2.45) is 5.92 Å². The minimum Gasteiger partial charge on any atom is -0.307 e. The largest absolute Gasteiger partial charge is 0.307 e. The summed E-state index contributed by atoms with van der Waals surface area (Å²) < 4.78 is 1.96. The van der Waals surface area contributed by atoms with Crippen LogP contribution >= 0.6 is 15.9 Å². The van der Waals surface area contributed by atoms with Crippen LogP contribution in [-0.2, 0) is 6.54 Å². The highest BCUT2D eigenvalue weighted by molar-refractivity contribution is 9.09. The first-order valence-electron chi connectivity index (χ1n) is 5.74. The molecule has 0 aliphatic heterocycles. The number of hydrogen-bond acceptors (Lipinski definition) is 3. The molecule has 0 aliphatic rings. The summed E-state index contributed by atoms with van der Waals surface area (Å²) in [6, 6.07) is 0.833. The minimum absolute atomic E-state index is 0.364. The highest BCUT2D eigenvalue weighted by atomic mass is 79.9. The second-order valence-electron chi connectivity index (χ2n) is 4.52. The van der Waals surface area contributed by atoms with E-state index in [1.165, 1.54) is 0 Å². The molecule has 0 bridgehead atoms. The summed E-state index contributed by atoms with van der Waals surface area (Å²) in [5.74, 6) is 1.61. The molecule has 4 nitrogen and oxygen atoms in total. The molecular formula is C11H21BrN4. The van der Waals surface area contributed by atoms with Crippen molar-refractivity contribution in [3.63, 3.8) is 0 Å². The topological polar surface area (TPSA) is 42.7 Å². The van der Waals surface area contributed by atoms with Crippen molar-refractivity contribution in [2.75, 3.05) is 5.33 Å². The van der Waals surface area contributed by atoms with Crippen LogP contribution in [0.3, 0.4) is 0 Å². The summed E-state index contributed by atoms with van der Waals surface area (Å²) in [7, 11) is 0. The molecule has 1 rings (SSSR count). The monoisotopic (exact) mass is 288 g/mol. The van der Waals surface area contributed by atoms with E-state index >= 15 is 0 Å². The first-order chi connectivity index (χ1) is 7.56. The Balaban J connectivity index is 2.51. The molecule has 0 saturated carbocycles. The van der Waals surface area contributed by atoms with Crippen LogP contribution in [0.4, 0.5) is 0 Å². The molecule has 1 aromatic rings. The molecular weight excluding hydrogens is 268 g/mol. The first-order valence-corrected chi connectivity index (χ1v) is 6.86. The van der Waals surface area contributed by atoms with Gasteiger partial charge >= 0.3 is 0 Å². The lowest BCUT2D eigenvalue weighted by Crippen LogP contribution is -2.33. The zero-order valence-corrected chi connectivity index (χ0v) is 12.0. The zero-order chi connectivity index (χ0) is 12.1. The van der Waals surface area contributed by atoms with Crippen LogP contribution in [0.1, 0.15) is 39.6 Å². The van der Waals surface area contributed by atoms with Gasteiger partial charge in [-0.1, -0.05) is 22.9 Å². The summed E-state index contributed by atoms with van der Waals surface area (Å²) in [6.45, 7) is 9.42. The van der Waals surface area contributed by atoms with E-state index in [0.29, 0.717) is 18.0 Å². The van der Waals surface area contributed by atoms with Gasteiger partial charge in [-0.3, -0.25) is 0 Å². The summed E-state index contributed by atoms with van der Waals surface area (Å²) in [5.41, 5.74) is 0. The number of alkyl halides is 1. The van der Waals surface area contributed by atoms with Crippen LogP contribution in [0.5, 0.6) is 0 Å². The van der Waals surface area contributed by atoms with Crippen molar-refractivity contribution in [2.45, 2.75) is 46.3 Å². The lowest BCUT2D eigenvalue weighted by molar-refractivity contribution is 0.411. The molecule has 0 amide bonds. The van der Waals surface area contributed by atoms with E-state index in [9.17, 15) is 0 Å². The van der Waals surface area contributed by atoms with Gasteiger partial charge in [0.25, 0.3) is 0 Å². The Hall–Kier alpha value is -0.420. The predicted molar refractivity (Wildman–Crippen MR) is 69.7 cm³/mol. The van der Waals surface area contributed by atoms with Crippen molar-refractivity contribution in [1.82, 2.24) is 20.1 Å². The number of rotatable bonds is 6. The van der Waals surface area contributed by atoms with Crippen LogP contribution in [0.2, 0.25) is 0 Å². The molecule has 0 fully saturated rings. The standard InChI is InChI=1S/C11H21BrN4/c1-8(2)16-11(14-7-15-16)6-13-10(4)9(3)5-12/h7-10,13H,5-6H2,1-4H3. The molecule has 16 heavy (non-hydrogen) atoms. The Bertz CT molecular complexity index is 311. The molecule has 1 aromatic heterocycles. The smallest absolute Gasteiger partial charge is 0.141 e. The molecule has 0 spiro atoms. The Kier molecular flexibility index (Phi) is 5.41.